The van der Waals surface area contributed by atoms with Gasteiger partial charge in [0.25, 0.3) is 5.69 Å². The van der Waals surface area contributed by atoms with Crippen molar-refractivity contribution < 1.29 is 14.1 Å². The van der Waals surface area contributed by atoms with Crippen molar-refractivity contribution in [2.24, 2.45) is 0 Å². The van der Waals surface area contributed by atoms with Crippen LogP contribution in [0.3, 0.4) is 0 Å². The monoisotopic (exact) mass is 354 g/mol. The molecule has 0 unspecified atom stereocenters. The van der Waals surface area contributed by atoms with E-state index in [4.69, 9.17) is 4.74 Å². The molecule has 2 aromatic rings. The number of rotatable bonds is 5. The Balaban J connectivity index is 2.26. The van der Waals surface area contributed by atoms with Gasteiger partial charge in [0.15, 0.2) is 0 Å². The van der Waals surface area contributed by atoms with Crippen LogP contribution in [0.2, 0.25) is 0 Å². The minimum absolute atomic E-state index is 0.105. The van der Waals surface area contributed by atoms with Crippen LogP contribution in [-0.2, 0) is 6.54 Å². The van der Waals surface area contributed by atoms with E-state index in [2.05, 4.69) is 21.2 Å². The van der Waals surface area contributed by atoms with Crippen molar-refractivity contribution in [1.29, 1.82) is 0 Å². The van der Waals surface area contributed by atoms with E-state index in [0.29, 0.717) is 21.5 Å². The Morgan fingerprint density at radius 1 is 1.38 bits per heavy atom. The maximum absolute atomic E-state index is 13.1. The van der Waals surface area contributed by atoms with E-state index in [1.807, 2.05) is 0 Å². The molecule has 7 heteroatoms. The van der Waals surface area contributed by atoms with E-state index in [0.717, 1.165) is 0 Å². The number of anilines is 1. The summed E-state index contributed by atoms with van der Waals surface area (Å²) < 4.78 is 18.7. The third-order valence-electron chi connectivity index (χ3n) is 2.84. The Morgan fingerprint density at radius 2 is 2.14 bits per heavy atom. The standard InChI is InChI=1S/C14H12BrFN2O3/c1-21-14-7-13(18(19)20)12(6-11(14)15)17-8-9-3-2-4-10(16)5-9/h2-7,17H,8H2,1H3. The molecule has 0 spiro atoms. The third-order valence-corrected chi connectivity index (χ3v) is 3.46. The highest BCUT2D eigenvalue weighted by Crippen LogP contribution is 2.36. The Kier molecular flexibility index (Phi) is 4.74. The summed E-state index contributed by atoms with van der Waals surface area (Å²) in [5, 5.41) is 14.0. The molecule has 0 atom stereocenters. The molecular formula is C14H12BrFN2O3. The lowest BCUT2D eigenvalue weighted by atomic mass is 10.2. The molecule has 0 heterocycles. The molecule has 2 rings (SSSR count). The van der Waals surface area contributed by atoms with Gasteiger partial charge in [0.05, 0.1) is 22.6 Å². The lowest BCUT2D eigenvalue weighted by Gasteiger charge is -2.10. The van der Waals surface area contributed by atoms with Crippen LogP contribution in [0.15, 0.2) is 40.9 Å². The summed E-state index contributed by atoms with van der Waals surface area (Å²) in [6.07, 6.45) is 0. The maximum atomic E-state index is 13.1. The normalized spacial score (nSPS) is 10.2. The minimum Gasteiger partial charge on any atom is -0.495 e. The molecule has 0 saturated carbocycles. The summed E-state index contributed by atoms with van der Waals surface area (Å²) in [7, 11) is 1.43. The number of nitrogens with one attached hydrogen (secondary N) is 1. The highest BCUT2D eigenvalue weighted by molar-refractivity contribution is 9.10. The van der Waals surface area contributed by atoms with Gasteiger partial charge in [-0.15, -0.1) is 0 Å². The zero-order chi connectivity index (χ0) is 15.4. The fourth-order valence-corrected chi connectivity index (χ4v) is 2.34. The van der Waals surface area contributed by atoms with Crippen molar-refractivity contribution in [2.45, 2.75) is 6.54 Å². The van der Waals surface area contributed by atoms with E-state index >= 15 is 0 Å². The molecule has 0 bridgehead atoms. The van der Waals surface area contributed by atoms with Crippen LogP contribution in [0.5, 0.6) is 5.75 Å². The van der Waals surface area contributed by atoms with Crippen LogP contribution < -0.4 is 10.1 Å². The SMILES string of the molecule is COc1cc([N+](=O)[O-])c(NCc2cccc(F)c2)cc1Br. The molecule has 0 aromatic heterocycles. The fourth-order valence-electron chi connectivity index (χ4n) is 1.84. The molecule has 0 radical (unpaired) electrons. The summed E-state index contributed by atoms with van der Waals surface area (Å²) in [4.78, 5) is 10.6. The average Bonchev–Trinajstić information content (AvgIpc) is 2.45. The zero-order valence-electron chi connectivity index (χ0n) is 11.1. The molecule has 110 valence electrons. The second-order valence-electron chi connectivity index (χ2n) is 4.24. The molecule has 0 aliphatic carbocycles. The van der Waals surface area contributed by atoms with Gasteiger partial charge in [-0.25, -0.2) is 4.39 Å². The summed E-state index contributed by atoms with van der Waals surface area (Å²) in [6.45, 7) is 0.275. The van der Waals surface area contributed by atoms with Gasteiger partial charge in [-0.1, -0.05) is 12.1 Å². The third kappa shape index (κ3) is 3.69. The summed E-state index contributed by atoms with van der Waals surface area (Å²) in [5.41, 5.74) is 0.916. The number of benzene rings is 2. The first-order valence-corrected chi connectivity index (χ1v) is 6.81. The minimum atomic E-state index is -0.497. The van der Waals surface area contributed by atoms with Gasteiger partial charge in [0, 0.05) is 6.54 Å². The maximum Gasteiger partial charge on any atom is 0.296 e. The lowest BCUT2D eigenvalue weighted by Crippen LogP contribution is -2.03. The number of ether oxygens (including phenoxy) is 1. The Labute approximate surface area is 129 Å². The van der Waals surface area contributed by atoms with Crippen LogP contribution in [-0.4, -0.2) is 12.0 Å². The van der Waals surface area contributed by atoms with Crippen LogP contribution in [0.4, 0.5) is 15.8 Å². The molecule has 1 N–H and O–H groups in total. The average molecular weight is 355 g/mol. The van der Waals surface area contributed by atoms with Crippen molar-refractivity contribution >= 4 is 27.3 Å². The largest absolute Gasteiger partial charge is 0.495 e. The molecule has 0 fully saturated rings. The summed E-state index contributed by atoms with van der Waals surface area (Å²) >= 11 is 3.28. The van der Waals surface area contributed by atoms with Gasteiger partial charge in [-0.2, -0.15) is 0 Å². The van der Waals surface area contributed by atoms with Gasteiger partial charge >= 0.3 is 0 Å². The Hall–Kier alpha value is -2.15. The first kappa shape index (κ1) is 15.2. The number of nitrogens with zero attached hydrogens (tertiary/aromatic N) is 1. The van der Waals surface area contributed by atoms with Crippen molar-refractivity contribution in [3.63, 3.8) is 0 Å². The second kappa shape index (κ2) is 6.53. The number of hydrogen-bond acceptors (Lipinski definition) is 4. The molecular weight excluding hydrogens is 343 g/mol. The van der Waals surface area contributed by atoms with Gasteiger partial charge in [-0.3, -0.25) is 10.1 Å². The van der Waals surface area contributed by atoms with Crippen molar-refractivity contribution in [3.8, 4) is 5.75 Å². The van der Waals surface area contributed by atoms with E-state index in [1.54, 1.807) is 18.2 Å². The highest BCUT2D eigenvalue weighted by atomic mass is 79.9. The van der Waals surface area contributed by atoms with Crippen molar-refractivity contribution in [3.05, 3.63) is 62.4 Å². The second-order valence-corrected chi connectivity index (χ2v) is 5.10. The van der Waals surface area contributed by atoms with Crippen molar-refractivity contribution in [1.82, 2.24) is 0 Å². The zero-order valence-corrected chi connectivity index (χ0v) is 12.7. The van der Waals surface area contributed by atoms with Crippen molar-refractivity contribution in [2.75, 3.05) is 12.4 Å². The van der Waals surface area contributed by atoms with Crippen LogP contribution in [0, 0.1) is 15.9 Å². The lowest BCUT2D eigenvalue weighted by molar-refractivity contribution is -0.384. The van der Waals surface area contributed by atoms with Crippen LogP contribution in [0.25, 0.3) is 0 Å². The number of methoxy groups -OCH3 is 1. The van der Waals surface area contributed by atoms with Gasteiger partial charge in [0.2, 0.25) is 0 Å². The summed E-state index contributed by atoms with van der Waals surface area (Å²) in [6, 6.07) is 8.94. The molecule has 2 aromatic carbocycles. The van der Waals surface area contributed by atoms with Crippen LogP contribution in [0.1, 0.15) is 5.56 Å². The Bertz CT molecular complexity index is 679. The number of hydrogen-bond donors (Lipinski definition) is 1. The summed E-state index contributed by atoms with van der Waals surface area (Å²) in [5.74, 6) is 0.0257. The molecule has 5 nitrogen and oxygen atoms in total. The van der Waals surface area contributed by atoms with E-state index < -0.39 is 4.92 Å². The number of nitro groups is 1. The Morgan fingerprint density at radius 3 is 2.76 bits per heavy atom. The van der Waals surface area contributed by atoms with E-state index in [1.165, 1.54) is 25.3 Å². The number of halogens is 2. The molecule has 0 amide bonds. The molecule has 21 heavy (non-hydrogen) atoms. The highest BCUT2D eigenvalue weighted by Gasteiger charge is 2.17. The molecule has 0 saturated heterocycles. The quantitative estimate of drug-likeness (QED) is 0.647. The molecule has 0 aliphatic rings. The van der Waals surface area contributed by atoms with Gasteiger partial charge in [0.1, 0.15) is 17.3 Å². The molecule has 0 aliphatic heterocycles. The first-order valence-electron chi connectivity index (χ1n) is 6.01. The smallest absolute Gasteiger partial charge is 0.296 e. The predicted molar refractivity (Wildman–Crippen MR) is 81.1 cm³/mol. The van der Waals surface area contributed by atoms with Gasteiger partial charge < -0.3 is 10.1 Å². The fraction of sp³-hybridized carbons (Fsp3) is 0.143. The van der Waals surface area contributed by atoms with Crippen LogP contribution >= 0.6 is 15.9 Å². The van der Waals surface area contributed by atoms with E-state index in [9.17, 15) is 14.5 Å². The number of nitro benzene ring substituents is 1. The topological polar surface area (TPSA) is 64.4 Å². The van der Waals surface area contributed by atoms with Gasteiger partial charge in [-0.05, 0) is 39.7 Å². The van der Waals surface area contributed by atoms with E-state index in [-0.39, 0.29) is 18.0 Å². The first-order chi connectivity index (χ1) is 10.0. The predicted octanol–water partition coefficient (Wildman–Crippen LogP) is 4.12.